The van der Waals surface area contributed by atoms with Crippen LogP contribution in [0, 0.1) is 11.6 Å². The van der Waals surface area contributed by atoms with E-state index in [0.717, 1.165) is 24.0 Å². The average molecular weight is 611 g/mol. The zero-order valence-electron chi connectivity index (χ0n) is 25.1. The number of hydrogen-bond acceptors (Lipinski definition) is 7. The van der Waals surface area contributed by atoms with E-state index >= 15 is 8.78 Å². The first-order valence-corrected chi connectivity index (χ1v) is 15.6. The molecule has 8 rings (SSSR count). The molecule has 4 aromatic rings. The summed E-state index contributed by atoms with van der Waals surface area (Å²) in [7, 11) is 0. The van der Waals surface area contributed by atoms with Gasteiger partial charge in [0, 0.05) is 24.9 Å². The van der Waals surface area contributed by atoms with Gasteiger partial charge in [0.1, 0.15) is 23.1 Å². The van der Waals surface area contributed by atoms with Crippen LogP contribution in [0.1, 0.15) is 56.7 Å². The predicted octanol–water partition coefficient (Wildman–Crippen LogP) is 5.08. The fourth-order valence-electron chi connectivity index (χ4n) is 7.18. The van der Waals surface area contributed by atoms with Gasteiger partial charge in [0.05, 0.1) is 41.0 Å². The van der Waals surface area contributed by atoms with Gasteiger partial charge in [-0.2, -0.15) is 4.98 Å². The third-order valence-electron chi connectivity index (χ3n) is 9.57. The van der Waals surface area contributed by atoms with Gasteiger partial charge in [-0.1, -0.05) is 26.0 Å². The number of nitrogens with zero attached hydrogens (tertiary/aromatic N) is 6. The highest BCUT2D eigenvalue weighted by Gasteiger charge is 2.50. The lowest BCUT2D eigenvalue weighted by Crippen LogP contribution is -2.64. The molecule has 11 heteroatoms. The van der Waals surface area contributed by atoms with Crippen molar-refractivity contribution >= 4 is 22.8 Å². The van der Waals surface area contributed by atoms with E-state index < -0.39 is 17.3 Å². The highest BCUT2D eigenvalue weighted by atomic mass is 19.1. The Morgan fingerprint density at radius 3 is 2.71 bits per heavy atom. The van der Waals surface area contributed by atoms with E-state index in [1.54, 1.807) is 12.3 Å². The Labute approximate surface area is 258 Å². The molecular formula is C34H32F2N6O3. The van der Waals surface area contributed by atoms with Crippen LogP contribution in [-0.4, -0.2) is 62.1 Å². The number of allylic oxidation sites excluding steroid dienone is 1. The number of ether oxygens (including phenoxy) is 1. The zero-order chi connectivity index (χ0) is 31.0. The Morgan fingerprint density at radius 2 is 1.93 bits per heavy atom. The summed E-state index contributed by atoms with van der Waals surface area (Å²) in [5.74, 6) is -0.897. The van der Waals surface area contributed by atoms with E-state index in [-0.39, 0.29) is 53.2 Å². The Morgan fingerprint density at radius 1 is 1.09 bits per heavy atom. The van der Waals surface area contributed by atoms with Gasteiger partial charge >= 0.3 is 5.69 Å². The fraction of sp³-hybridized carbons (Fsp3) is 0.382. The van der Waals surface area contributed by atoms with Crippen LogP contribution in [0.25, 0.3) is 28.0 Å². The molecule has 6 heterocycles. The standard InChI is InChI=1S/C34H32F2N6O3/c1-18(2)28-30-19(11-13-37-28)8-5-15-45-26-10-4-9-22(35)27(26)29-23(36)16-21-31(39-34(44)42(30)32(21)38-29)40-14-12-24-25(40)17-41(24)33(43)20-6-3-7-20/h4,6,9-11,13,16,18,24-25H,3,5,7-8,12,14-15,17H2,1-2H3. The lowest BCUT2D eigenvalue weighted by molar-refractivity contribution is -0.135. The van der Waals surface area contributed by atoms with E-state index in [4.69, 9.17) is 9.72 Å². The minimum absolute atomic E-state index is 0.0104. The molecule has 2 fully saturated rings. The van der Waals surface area contributed by atoms with Gasteiger partial charge in [-0.15, -0.1) is 0 Å². The first kappa shape index (κ1) is 27.8. The van der Waals surface area contributed by atoms with Gasteiger partial charge in [0.2, 0.25) is 5.91 Å². The number of halogens is 2. The second-order valence-corrected chi connectivity index (χ2v) is 12.5. The molecule has 0 N–H and O–H groups in total. The number of hydrogen-bond donors (Lipinski definition) is 0. The van der Waals surface area contributed by atoms with Crippen molar-refractivity contribution in [1.29, 1.82) is 0 Å². The number of likely N-dealkylation sites (tertiary alicyclic amines) is 1. The lowest BCUT2D eigenvalue weighted by Gasteiger charge is -2.47. The smallest absolute Gasteiger partial charge is 0.355 e. The monoisotopic (exact) mass is 610 g/mol. The number of amides is 1. The molecule has 3 aliphatic heterocycles. The van der Waals surface area contributed by atoms with Crippen LogP contribution in [0.15, 0.2) is 53.0 Å². The average Bonchev–Trinajstić information content (AvgIpc) is 3.29. The maximum atomic E-state index is 16.2. The molecule has 2 atom stereocenters. The van der Waals surface area contributed by atoms with Crippen molar-refractivity contribution in [2.24, 2.45) is 0 Å². The second kappa shape index (κ2) is 10.5. The summed E-state index contributed by atoms with van der Waals surface area (Å²) in [6.07, 6.45) is 7.28. The molecule has 1 amide bonds. The summed E-state index contributed by atoms with van der Waals surface area (Å²) >= 11 is 0. The number of fused-ring (bicyclic) bond motifs is 6. The summed E-state index contributed by atoms with van der Waals surface area (Å²) in [6.45, 7) is 5.30. The Bertz CT molecular complexity index is 1990. The molecule has 0 radical (unpaired) electrons. The van der Waals surface area contributed by atoms with Crippen molar-refractivity contribution in [3.05, 3.63) is 81.6 Å². The Hall–Kier alpha value is -4.67. The summed E-state index contributed by atoms with van der Waals surface area (Å²) in [5.41, 5.74) is 2.23. The van der Waals surface area contributed by atoms with Crippen molar-refractivity contribution in [2.45, 2.75) is 64.0 Å². The van der Waals surface area contributed by atoms with Crippen molar-refractivity contribution in [2.75, 3.05) is 24.6 Å². The van der Waals surface area contributed by atoms with Crippen molar-refractivity contribution in [3.63, 3.8) is 0 Å². The molecule has 9 nitrogen and oxygen atoms in total. The van der Waals surface area contributed by atoms with Crippen molar-refractivity contribution in [1.82, 2.24) is 24.4 Å². The van der Waals surface area contributed by atoms with Gasteiger partial charge < -0.3 is 14.5 Å². The molecule has 2 unspecified atom stereocenters. The largest absolute Gasteiger partial charge is 0.493 e. The van der Waals surface area contributed by atoms with Gasteiger partial charge in [0.25, 0.3) is 0 Å². The first-order chi connectivity index (χ1) is 21.8. The molecule has 1 aromatic carbocycles. The van der Waals surface area contributed by atoms with E-state index in [0.29, 0.717) is 54.9 Å². The van der Waals surface area contributed by atoms with Crippen LogP contribution in [0.2, 0.25) is 0 Å². The third kappa shape index (κ3) is 4.27. The van der Waals surface area contributed by atoms with Gasteiger partial charge in [0.15, 0.2) is 11.5 Å². The maximum absolute atomic E-state index is 16.2. The number of benzene rings is 1. The number of carbonyl (C=O) groups is 1. The van der Waals surface area contributed by atoms with Gasteiger partial charge in [-0.3, -0.25) is 9.78 Å². The maximum Gasteiger partial charge on any atom is 0.355 e. The number of carbonyl (C=O) groups excluding carboxylic acids is 1. The van der Waals surface area contributed by atoms with E-state index in [2.05, 4.69) is 9.97 Å². The lowest BCUT2D eigenvalue weighted by atomic mass is 9.91. The molecular weight excluding hydrogens is 578 g/mol. The Balaban J connectivity index is 1.36. The van der Waals surface area contributed by atoms with E-state index in [9.17, 15) is 9.59 Å². The van der Waals surface area contributed by atoms with Crippen molar-refractivity contribution in [3.8, 4) is 22.7 Å². The number of aromatic nitrogens is 4. The van der Waals surface area contributed by atoms with Crippen LogP contribution in [0.4, 0.5) is 14.6 Å². The highest BCUT2D eigenvalue weighted by molar-refractivity contribution is 5.96. The molecule has 0 saturated carbocycles. The van der Waals surface area contributed by atoms with Crippen LogP contribution < -0.4 is 15.3 Å². The Kier molecular flexibility index (Phi) is 6.47. The number of aryl methyl sites for hydroxylation is 1. The van der Waals surface area contributed by atoms with E-state index in [1.165, 1.54) is 22.8 Å². The molecule has 0 spiro atoms. The molecule has 3 aromatic heterocycles. The quantitative estimate of drug-likeness (QED) is 0.320. The summed E-state index contributed by atoms with van der Waals surface area (Å²) in [4.78, 5) is 45.1. The van der Waals surface area contributed by atoms with Crippen molar-refractivity contribution < 1.29 is 18.3 Å². The fourth-order valence-corrected chi connectivity index (χ4v) is 7.18. The predicted molar refractivity (Wildman–Crippen MR) is 165 cm³/mol. The molecule has 4 aliphatic rings. The summed E-state index contributed by atoms with van der Waals surface area (Å²) < 4.78 is 39.0. The van der Waals surface area contributed by atoms with Crippen LogP contribution >= 0.6 is 0 Å². The van der Waals surface area contributed by atoms with Crippen LogP contribution in [0.3, 0.4) is 0 Å². The highest BCUT2D eigenvalue weighted by Crippen LogP contribution is 2.41. The number of pyridine rings is 2. The zero-order valence-corrected chi connectivity index (χ0v) is 25.1. The molecule has 1 aliphatic carbocycles. The summed E-state index contributed by atoms with van der Waals surface area (Å²) in [5, 5.41) is 0.336. The minimum atomic E-state index is -0.753. The second-order valence-electron chi connectivity index (χ2n) is 12.5. The normalized spacial score (nSPS) is 20.3. The SMILES string of the molecule is CC(C)c1nccc2c1-n1c(=O)nc(N3CCC4C3CN4C(=O)C3=CCC3)c3cc(F)c(nc31)-c1c(F)cccc1OCCC2. The molecule has 2 bridgehead atoms. The van der Waals surface area contributed by atoms with Gasteiger partial charge in [-0.05, 0) is 67.9 Å². The van der Waals surface area contributed by atoms with E-state index in [1.807, 2.05) is 35.8 Å². The first-order valence-electron chi connectivity index (χ1n) is 15.6. The topological polar surface area (TPSA) is 93.5 Å². The number of rotatable bonds is 3. The molecule has 2 saturated heterocycles. The van der Waals surface area contributed by atoms with Gasteiger partial charge in [-0.25, -0.2) is 23.1 Å². The van der Waals surface area contributed by atoms with Crippen LogP contribution in [-0.2, 0) is 11.2 Å². The third-order valence-corrected chi connectivity index (χ3v) is 9.57. The molecule has 45 heavy (non-hydrogen) atoms. The minimum Gasteiger partial charge on any atom is -0.493 e. The number of anilines is 1. The molecule has 230 valence electrons. The summed E-state index contributed by atoms with van der Waals surface area (Å²) in [6, 6.07) is 7.48. The van der Waals surface area contributed by atoms with Crippen LogP contribution in [0.5, 0.6) is 5.75 Å².